The summed E-state index contributed by atoms with van der Waals surface area (Å²) in [4.78, 5) is 0. The lowest BCUT2D eigenvalue weighted by Crippen LogP contribution is -2.26. The molecule has 14 heavy (non-hydrogen) atoms. The van der Waals surface area contributed by atoms with Crippen LogP contribution in [-0.2, 0) is 9.47 Å². The minimum atomic E-state index is 0.627. The van der Waals surface area contributed by atoms with Crippen LogP contribution in [0.25, 0.3) is 0 Å². The van der Waals surface area contributed by atoms with Crippen LogP contribution < -0.4 is 0 Å². The molecule has 1 fully saturated rings. The molecule has 0 radical (unpaired) electrons. The minimum Gasteiger partial charge on any atom is -0.502 e. The third-order valence-corrected chi connectivity index (χ3v) is 2.92. The van der Waals surface area contributed by atoms with Gasteiger partial charge in [-0.15, -0.1) is 0 Å². The predicted molar refractivity (Wildman–Crippen MR) is 57.7 cm³/mol. The summed E-state index contributed by atoms with van der Waals surface area (Å²) < 4.78 is 10.5. The van der Waals surface area contributed by atoms with E-state index in [1.807, 2.05) is 0 Å². The van der Waals surface area contributed by atoms with E-state index in [4.69, 9.17) is 9.47 Å². The Kier molecular flexibility index (Phi) is 5.20. The monoisotopic (exact) mass is 196 g/mol. The van der Waals surface area contributed by atoms with Gasteiger partial charge in [0.15, 0.2) is 0 Å². The Morgan fingerprint density at radius 3 is 1.71 bits per heavy atom. The fourth-order valence-corrected chi connectivity index (χ4v) is 2.11. The number of hydrogen-bond acceptors (Lipinski definition) is 2. The third-order valence-electron chi connectivity index (χ3n) is 2.92. The van der Waals surface area contributed by atoms with Gasteiger partial charge in [0.05, 0.1) is 25.7 Å². The van der Waals surface area contributed by atoms with Gasteiger partial charge < -0.3 is 9.47 Å². The molecule has 0 aliphatic heterocycles. The first kappa shape index (κ1) is 11.2. The summed E-state index contributed by atoms with van der Waals surface area (Å²) in [7, 11) is 0. The zero-order valence-electron chi connectivity index (χ0n) is 8.78. The third kappa shape index (κ3) is 3.44. The molecule has 1 saturated carbocycles. The summed E-state index contributed by atoms with van der Waals surface area (Å²) in [5, 5.41) is 0. The van der Waals surface area contributed by atoms with Crippen LogP contribution >= 0.6 is 0 Å². The molecule has 2 nitrogen and oxygen atoms in total. The van der Waals surface area contributed by atoms with E-state index in [1.165, 1.54) is 38.2 Å². The van der Waals surface area contributed by atoms with Crippen LogP contribution in [0.15, 0.2) is 25.7 Å². The molecule has 80 valence electrons. The molecule has 0 amide bonds. The predicted octanol–water partition coefficient (Wildman–Crippen LogP) is 3.11. The van der Waals surface area contributed by atoms with Crippen LogP contribution in [-0.4, -0.2) is 13.2 Å². The lowest BCUT2D eigenvalue weighted by Gasteiger charge is -2.30. The van der Waals surface area contributed by atoms with E-state index in [1.54, 1.807) is 0 Å². The average molecular weight is 196 g/mol. The summed E-state index contributed by atoms with van der Waals surface area (Å²) in [5.41, 5.74) is 0. The lowest BCUT2D eigenvalue weighted by molar-refractivity contribution is 0.0722. The molecule has 1 aliphatic carbocycles. The largest absolute Gasteiger partial charge is 0.502 e. The number of rotatable bonds is 6. The second-order valence-electron chi connectivity index (χ2n) is 3.80. The first-order valence-corrected chi connectivity index (χ1v) is 5.33. The summed E-state index contributed by atoms with van der Waals surface area (Å²) in [6, 6.07) is 0. The van der Waals surface area contributed by atoms with Gasteiger partial charge in [-0.05, 0) is 24.7 Å². The van der Waals surface area contributed by atoms with Gasteiger partial charge in [0.2, 0.25) is 0 Å². The second kappa shape index (κ2) is 6.52. The molecule has 0 N–H and O–H groups in total. The SMILES string of the molecule is C=COCC1CCCCC1COC=C. The highest BCUT2D eigenvalue weighted by Crippen LogP contribution is 2.30. The van der Waals surface area contributed by atoms with Crippen molar-refractivity contribution in [3.8, 4) is 0 Å². The summed E-state index contributed by atoms with van der Waals surface area (Å²) >= 11 is 0. The summed E-state index contributed by atoms with van der Waals surface area (Å²) in [5.74, 6) is 1.25. The normalized spacial score (nSPS) is 26.6. The maximum absolute atomic E-state index is 5.27. The van der Waals surface area contributed by atoms with Gasteiger partial charge >= 0.3 is 0 Å². The first-order chi connectivity index (χ1) is 6.88. The average Bonchev–Trinajstić information content (AvgIpc) is 2.24. The van der Waals surface area contributed by atoms with Crippen LogP contribution in [0, 0.1) is 11.8 Å². The fourth-order valence-electron chi connectivity index (χ4n) is 2.11. The molecule has 0 saturated heterocycles. The van der Waals surface area contributed by atoms with Crippen LogP contribution in [0.3, 0.4) is 0 Å². The molecule has 1 aliphatic rings. The fraction of sp³-hybridized carbons (Fsp3) is 0.667. The maximum atomic E-state index is 5.27. The van der Waals surface area contributed by atoms with Crippen molar-refractivity contribution in [2.24, 2.45) is 11.8 Å². The Balaban J connectivity index is 2.33. The van der Waals surface area contributed by atoms with Crippen molar-refractivity contribution in [1.29, 1.82) is 0 Å². The molecule has 0 aromatic rings. The van der Waals surface area contributed by atoms with Crippen molar-refractivity contribution < 1.29 is 9.47 Å². The Hall–Kier alpha value is -0.920. The van der Waals surface area contributed by atoms with E-state index in [9.17, 15) is 0 Å². The molecule has 0 aromatic carbocycles. The molecule has 0 heterocycles. The molecular formula is C12H20O2. The maximum Gasteiger partial charge on any atom is 0.0905 e. The number of hydrogen-bond donors (Lipinski definition) is 0. The van der Waals surface area contributed by atoms with Crippen molar-refractivity contribution >= 4 is 0 Å². The van der Waals surface area contributed by atoms with Crippen LogP contribution in [0.5, 0.6) is 0 Å². The van der Waals surface area contributed by atoms with E-state index in [2.05, 4.69) is 13.2 Å². The Bertz CT molecular complexity index is 157. The Labute approximate surface area is 86.6 Å². The van der Waals surface area contributed by atoms with Crippen molar-refractivity contribution in [1.82, 2.24) is 0 Å². The molecule has 2 atom stereocenters. The van der Waals surface area contributed by atoms with Gasteiger partial charge in [0, 0.05) is 0 Å². The molecule has 1 rings (SSSR count). The second-order valence-corrected chi connectivity index (χ2v) is 3.80. The zero-order chi connectivity index (χ0) is 10.2. The molecule has 2 heteroatoms. The van der Waals surface area contributed by atoms with Gasteiger partial charge in [0.25, 0.3) is 0 Å². The van der Waals surface area contributed by atoms with Crippen LogP contribution in [0.1, 0.15) is 25.7 Å². The van der Waals surface area contributed by atoms with E-state index < -0.39 is 0 Å². The smallest absolute Gasteiger partial charge is 0.0905 e. The summed E-state index contributed by atoms with van der Waals surface area (Å²) in [6.45, 7) is 8.70. The number of ether oxygens (including phenoxy) is 2. The highest BCUT2D eigenvalue weighted by Gasteiger charge is 2.25. The zero-order valence-corrected chi connectivity index (χ0v) is 8.78. The van der Waals surface area contributed by atoms with E-state index in [0.717, 1.165) is 13.2 Å². The molecule has 2 unspecified atom stereocenters. The van der Waals surface area contributed by atoms with Crippen LogP contribution in [0.4, 0.5) is 0 Å². The standard InChI is InChI=1S/C12H20O2/c1-3-13-9-11-7-5-6-8-12(11)10-14-4-2/h3-4,11-12H,1-2,5-10H2. The topological polar surface area (TPSA) is 18.5 Å². The first-order valence-electron chi connectivity index (χ1n) is 5.33. The minimum absolute atomic E-state index is 0.627. The summed E-state index contributed by atoms with van der Waals surface area (Å²) in [6.07, 6.45) is 8.18. The van der Waals surface area contributed by atoms with Gasteiger partial charge in [-0.25, -0.2) is 0 Å². The lowest BCUT2D eigenvalue weighted by atomic mass is 9.80. The van der Waals surface area contributed by atoms with E-state index >= 15 is 0 Å². The Morgan fingerprint density at radius 2 is 1.36 bits per heavy atom. The quantitative estimate of drug-likeness (QED) is 0.608. The highest BCUT2D eigenvalue weighted by atomic mass is 16.5. The molecule has 0 bridgehead atoms. The van der Waals surface area contributed by atoms with Crippen molar-refractivity contribution in [2.75, 3.05) is 13.2 Å². The van der Waals surface area contributed by atoms with Gasteiger partial charge in [-0.2, -0.15) is 0 Å². The van der Waals surface area contributed by atoms with Crippen molar-refractivity contribution in [2.45, 2.75) is 25.7 Å². The van der Waals surface area contributed by atoms with Crippen LogP contribution in [0.2, 0.25) is 0 Å². The van der Waals surface area contributed by atoms with E-state index in [-0.39, 0.29) is 0 Å². The highest BCUT2D eigenvalue weighted by molar-refractivity contribution is 4.76. The Morgan fingerprint density at radius 1 is 0.929 bits per heavy atom. The van der Waals surface area contributed by atoms with Gasteiger partial charge in [0.1, 0.15) is 0 Å². The van der Waals surface area contributed by atoms with E-state index in [0.29, 0.717) is 11.8 Å². The van der Waals surface area contributed by atoms with Crippen molar-refractivity contribution in [3.05, 3.63) is 25.7 Å². The van der Waals surface area contributed by atoms with Gasteiger partial charge in [-0.3, -0.25) is 0 Å². The molecule has 0 spiro atoms. The molecule has 0 aromatic heterocycles. The van der Waals surface area contributed by atoms with Gasteiger partial charge in [-0.1, -0.05) is 26.0 Å². The van der Waals surface area contributed by atoms with Crippen molar-refractivity contribution in [3.63, 3.8) is 0 Å². The molecular weight excluding hydrogens is 176 g/mol.